The van der Waals surface area contributed by atoms with Crippen molar-refractivity contribution >= 4 is 22.8 Å². The molecule has 30 heavy (non-hydrogen) atoms. The van der Waals surface area contributed by atoms with Crippen LogP contribution in [0.3, 0.4) is 0 Å². The van der Waals surface area contributed by atoms with Crippen LogP contribution in [0.5, 0.6) is 0 Å². The third kappa shape index (κ3) is 3.87. The van der Waals surface area contributed by atoms with Gasteiger partial charge in [-0.1, -0.05) is 48.6 Å². The molecule has 1 atom stereocenters. The van der Waals surface area contributed by atoms with Gasteiger partial charge in [0.05, 0.1) is 11.4 Å². The number of nitrogens with zero attached hydrogens (tertiary/aromatic N) is 4. The molecule has 0 bridgehead atoms. The number of anilines is 1. The molecule has 3 aromatic rings. The number of nitrogen functional groups attached to an aromatic ring is 1. The lowest BCUT2D eigenvalue weighted by atomic mass is 10.0. The van der Waals surface area contributed by atoms with E-state index in [1.165, 1.54) is 6.33 Å². The van der Waals surface area contributed by atoms with Crippen LogP contribution in [0.1, 0.15) is 42.1 Å². The lowest BCUT2D eigenvalue weighted by Gasteiger charge is -2.18. The van der Waals surface area contributed by atoms with E-state index in [0.29, 0.717) is 22.7 Å². The van der Waals surface area contributed by atoms with Crippen molar-refractivity contribution in [1.29, 1.82) is 0 Å². The van der Waals surface area contributed by atoms with Crippen molar-refractivity contribution in [3.05, 3.63) is 72.6 Å². The van der Waals surface area contributed by atoms with E-state index in [4.69, 9.17) is 16.6 Å². The van der Waals surface area contributed by atoms with E-state index in [1.807, 2.05) is 29.0 Å². The van der Waals surface area contributed by atoms with Crippen molar-refractivity contribution in [2.75, 3.05) is 5.73 Å². The van der Waals surface area contributed by atoms with Gasteiger partial charge in [-0.05, 0) is 37.8 Å². The predicted molar refractivity (Wildman–Crippen MR) is 119 cm³/mol. The third-order valence-electron chi connectivity index (χ3n) is 5.35. The van der Waals surface area contributed by atoms with Gasteiger partial charge >= 0.3 is 0 Å². The maximum atomic E-state index is 11.4. The molecule has 1 aromatic carbocycles. The Morgan fingerprint density at radius 3 is 2.70 bits per heavy atom. The van der Waals surface area contributed by atoms with Gasteiger partial charge in [-0.15, -0.1) is 0 Å². The smallest absolute Gasteiger partial charge is 0.248 e. The van der Waals surface area contributed by atoms with Gasteiger partial charge in [0.2, 0.25) is 5.91 Å². The number of rotatable bonds is 3. The van der Waals surface area contributed by atoms with Crippen LogP contribution in [0, 0.1) is 0 Å². The number of hydrogen-bond donors (Lipinski definition) is 2. The largest absolute Gasteiger partial charge is 0.383 e. The maximum absolute atomic E-state index is 11.4. The summed E-state index contributed by atoms with van der Waals surface area (Å²) in [4.78, 5) is 20.1. The Morgan fingerprint density at radius 2 is 1.93 bits per heavy atom. The minimum Gasteiger partial charge on any atom is -0.383 e. The fourth-order valence-electron chi connectivity index (χ4n) is 3.72. The van der Waals surface area contributed by atoms with Gasteiger partial charge in [-0.2, -0.15) is 5.10 Å². The molecule has 1 aliphatic rings. The van der Waals surface area contributed by atoms with Crippen LogP contribution in [0.25, 0.3) is 22.3 Å². The monoisotopic (exact) mass is 400 g/mol. The number of carbonyl (C=O) groups is 1. The summed E-state index contributed by atoms with van der Waals surface area (Å²) >= 11 is 0. The van der Waals surface area contributed by atoms with Gasteiger partial charge in [-0.3, -0.25) is 4.79 Å². The van der Waals surface area contributed by atoms with E-state index < -0.39 is 5.91 Å². The summed E-state index contributed by atoms with van der Waals surface area (Å²) in [6.45, 7) is 4.13. The molecule has 4 rings (SSSR count). The Morgan fingerprint density at radius 1 is 1.13 bits per heavy atom. The molecule has 1 amide bonds. The van der Waals surface area contributed by atoms with Gasteiger partial charge in [0, 0.05) is 11.1 Å². The molecule has 4 N–H and O–H groups in total. The van der Waals surface area contributed by atoms with Crippen molar-refractivity contribution in [3.63, 3.8) is 0 Å². The summed E-state index contributed by atoms with van der Waals surface area (Å²) in [5, 5.41) is 5.63. The summed E-state index contributed by atoms with van der Waals surface area (Å²) in [6, 6.07) is 7.16. The van der Waals surface area contributed by atoms with Crippen molar-refractivity contribution in [2.24, 2.45) is 5.73 Å². The summed E-state index contributed by atoms with van der Waals surface area (Å²) in [5.41, 5.74) is 15.4. The molecule has 7 nitrogen and oxygen atoms in total. The number of allylic oxidation sites excluding steroid dienone is 5. The lowest BCUT2D eigenvalue weighted by molar-refractivity contribution is 0.100. The molecule has 2 aromatic heterocycles. The second-order valence-electron chi connectivity index (χ2n) is 7.41. The third-order valence-corrected chi connectivity index (χ3v) is 5.35. The molecular weight excluding hydrogens is 376 g/mol. The fraction of sp³-hybridized carbons (Fsp3) is 0.217. The van der Waals surface area contributed by atoms with E-state index in [0.717, 1.165) is 42.2 Å². The number of primary amides is 1. The summed E-state index contributed by atoms with van der Waals surface area (Å²) in [5.74, 6) is -0.0871. The molecule has 0 aliphatic heterocycles. The molecule has 7 heteroatoms. The zero-order valence-corrected chi connectivity index (χ0v) is 16.7. The Hall–Kier alpha value is -3.74. The average molecular weight is 400 g/mol. The summed E-state index contributed by atoms with van der Waals surface area (Å²) in [6.07, 6.45) is 13.4. The van der Waals surface area contributed by atoms with E-state index in [-0.39, 0.29) is 6.04 Å². The molecule has 0 saturated carbocycles. The van der Waals surface area contributed by atoms with Crippen LogP contribution >= 0.6 is 0 Å². The SMILES string of the molecule is C=C1/C=C\C=C/CCC(n2nc(-c3ccc(C(N)=O)cc3)c3c(N)ncnc32)CC1. The van der Waals surface area contributed by atoms with Crippen molar-refractivity contribution in [3.8, 4) is 11.3 Å². The van der Waals surface area contributed by atoms with Crippen LogP contribution in [-0.2, 0) is 0 Å². The zero-order valence-electron chi connectivity index (χ0n) is 16.7. The topological polar surface area (TPSA) is 113 Å². The second-order valence-corrected chi connectivity index (χ2v) is 7.41. The Balaban J connectivity index is 1.80. The molecular formula is C23H24N6O. The van der Waals surface area contributed by atoms with E-state index in [2.05, 4.69) is 28.7 Å². The number of aromatic nitrogens is 4. The quantitative estimate of drug-likeness (QED) is 0.691. The highest BCUT2D eigenvalue weighted by Crippen LogP contribution is 2.34. The number of amides is 1. The van der Waals surface area contributed by atoms with Crippen LogP contribution < -0.4 is 11.5 Å². The Labute approximate surface area is 174 Å². The van der Waals surface area contributed by atoms with E-state index in [1.54, 1.807) is 12.1 Å². The standard InChI is InChI=1S/C23H24N6O/c1-15-6-4-2-3-5-7-18(13-8-15)29-23-19(21(24)26-14-27-23)20(28-29)16-9-11-17(12-10-16)22(25)30/h2-4,6,9-12,14,18H,1,5,7-8,13H2,(H2,25,30)(H2,24,26,27)/b3-2-,6-4-. The van der Waals surface area contributed by atoms with Gasteiger partial charge in [-0.25, -0.2) is 14.6 Å². The summed E-state index contributed by atoms with van der Waals surface area (Å²) < 4.78 is 1.97. The molecule has 0 fully saturated rings. The first kappa shape index (κ1) is 19.6. The number of hydrogen-bond acceptors (Lipinski definition) is 5. The number of nitrogens with two attached hydrogens (primary N) is 2. The molecule has 0 saturated heterocycles. The van der Waals surface area contributed by atoms with Crippen molar-refractivity contribution < 1.29 is 4.79 Å². The van der Waals surface area contributed by atoms with E-state index in [9.17, 15) is 4.79 Å². The van der Waals surface area contributed by atoms with Gasteiger partial charge in [0.25, 0.3) is 0 Å². The Bertz CT molecular complexity index is 1160. The number of carbonyl (C=O) groups excluding carboxylic acids is 1. The Kier molecular flexibility index (Phi) is 5.43. The highest BCUT2D eigenvalue weighted by molar-refractivity contribution is 5.99. The minimum atomic E-state index is -0.469. The molecule has 1 aliphatic carbocycles. The van der Waals surface area contributed by atoms with Gasteiger partial charge in [0.15, 0.2) is 5.65 Å². The summed E-state index contributed by atoms with van der Waals surface area (Å²) in [7, 11) is 0. The van der Waals surface area contributed by atoms with E-state index >= 15 is 0 Å². The molecule has 1 unspecified atom stereocenters. The molecule has 0 spiro atoms. The predicted octanol–water partition coefficient (Wildman–Crippen LogP) is 3.96. The molecule has 0 radical (unpaired) electrons. The first-order chi connectivity index (χ1) is 14.5. The van der Waals surface area contributed by atoms with Crippen LogP contribution in [0.4, 0.5) is 5.82 Å². The first-order valence-corrected chi connectivity index (χ1v) is 9.94. The minimum absolute atomic E-state index is 0.147. The van der Waals surface area contributed by atoms with Crippen molar-refractivity contribution in [2.45, 2.75) is 31.7 Å². The van der Waals surface area contributed by atoms with Gasteiger partial charge in [0.1, 0.15) is 17.8 Å². The molecule has 152 valence electrons. The first-order valence-electron chi connectivity index (χ1n) is 9.94. The van der Waals surface area contributed by atoms with Crippen molar-refractivity contribution in [1.82, 2.24) is 19.7 Å². The number of fused-ring (bicyclic) bond motifs is 1. The zero-order chi connectivity index (χ0) is 21.1. The fourth-order valence-corrected chi connectivity index (χ4v) is 3.72. The van der Waals surface area contributed by atoms with Crippen LogP contribution in [0.15, 0.2) is 67.0 Å². The van der Waals surface area contributed by atoms with Crippen LogP contribution in [-0.4, -0.2) is 25.7 Å². The lowest BCUT2D eigenvalue weighted by Crippen LogP contribution is -2.12. The normalized spacial score (nSPS) is 19.5. The van der Waals surface area contributed by atoms with Crippen LogP contribution in [0.2, 0.25) is 0 Å². The number of benzene rings is 1. The molecule has 2 heterocycles. The van der Waals surface area contributed by atoms with Gasteiger partial charge < -0.3 is 11.5 Å². The highest BCUT2D eigenvalue weighted by Gasteiger charge is 2.22. The second kappa shape index (κ2) is 8.32. The maximum Gasteiger partial charge on any atom is 0.248 e. The average Bonchev–Trinajstić information content (AvgIpc) is 3.14. The highest BCUT2D eigenvalue weighted by atomic mass is 16.1.